The molecule has 0 fully saturated rings. The van der Waals surface area contributed by atoms with Gasteiger partial charge in [0, 0.05) is 11.8 Å². The molecule has 0 saturated heterocycles. The van der Waals surface area contributed by atoms with E-state index in [0.717, 1.165) is 18.3 Å². The average molecular weight is 383 g/mol. The van der Waals surface area contributed by atoms with E-state index in [1.807, 2.05) is 0 Å². The Hall–Kier alpha value is -3.63. The van der Waals surface area contributed by atoms with E-state index in [4.69, 9.17) is 4.84 Å². The number of nitro benzene ring substituents is 1. The zero-order valence-electron chi connectivity index (χ0n) is 13.5. The van der Waals surface area contributed by atoms with Crippen LogP contribution >= 0.6 is 0 Å². The highest BCUT2D eigenvalue weighted by molar-refractivity contribution is 5.91. The predicted octanol–water partition coefficient (Wildman–Crippen LogP) is 3.48. The second kappa shape index (κ2) is 8.65. The molecule has 1 amide bonds. The Kier molecular flexibility index (Phi) is 6.31. The molecule has 0 aliphatic carbocycles. The Balaban J connectivity index is 1.84. The van der Waals surface area contributed by atoms with Crippen molar-refractivity contribution in [3.8, 4) is 5.75 Å². The van der Waals surface area contributed by atoms with Crippen LogP contribution in [0.15, 0.2) is 53.7 Å². The zero-order valence-corrected chi connectivity index (χ0v) is 13.5. The molecule has 0 heterocycles. The number of hydrogen-bond donors (Lipinski definition) is 1. The first-order valence-corrected chi connectivity index (χ1v) is 7.29. The summed E-state index contributed by atoms with van der Waals surface area (Å²) in [6.07, 6.45) is -3.71. The third kappa shape index (κ3) is 6.65. The van der Waals surface area contributed by atoms with Crippen molar-refractivity contribution in [1.82, 2.24) is 0 Å². The normalized spacial score (nSPS) is 11.2. The van der Waals surface area contributed by atoms with Crippen LogP contribution in [-0.4, -0.2) is 30.0 Å². The van der Waals surface area contributed by atoms with Crippen molar-refractivity contribution in [2.24, 2.45) is 5.16 Å². The molecule has 2 aromatic carbocycles. The lowest BCUT2D eigenvalue weighted by atomic mass is 10.2. The first-order chi connectivity index (χ1) is 12.7. The smallest absolute Gasteiger partial charge is 0.406 e. The van der Waals surface area contributed by atoms with Crippen LogP contribution in [0, 0.1) is 10.1 Å². The minimum Gasteiger partial charge on any atom is -0.406 e. The monoisotopic (exact) mass is 383 g/mol. The van der Waals surface area contributed by atoms with Gasteiger partial charge in [-0.05, 0) is 30.3 Å². The fourth-order valence-electron chi connectivity index (χ4n) is 1.89. The van der Waals surface area contributed by atoms with E-state index in [2.05, 4.69) is 15.2 Å². The third-order valence-electron chi connectivity index (χ3n) is 2.97. The Morgan fingerprint density at radius 1 is 1.19 bits per heavy atom. The van der Waals surface area contributed by atoms with E-state index in [9.17, 15) is 28.1 Å². The molecule has 2 rings (SSSR count). The van der Waals surface area contributed by atoms with Gasteiger partial charge < -0.3 is 14.9 Å². The van der Waals surface area contributed by atoms with Crippen molar-refractivity contribution in [2.45, 2.75) is 6.36 Å². The molecule has 0 unspecified atom stereocenters. The molecule has 0 atom stereocenters. The SMILES string of the molecule is O=C(CO/N=C/c1ccccc1[N+](=O)[O-])Nc1ccc(OC(F)(F)F)cc1. The Bertz CT molecular complexity index is 838. The number of carbonyl (C=O) groups is 1. The number of alkyl halides is 3. The summed E-state index contributed by atoms with van der Waals surface area (Å²) in [5.74, 6) is -1.05. The van der Waals surface area contributed by atoms with Gasteiger partial charge in [-0.25, -0.2) is 0 Å². The summed E-state index contributed by atoms with van der Waals surface area (Å²) in [5.41, 5.74) is 0.249. The fourth-order valence-corrected chi connectivity index (χ4v) is 1.89. The van der Waals surface area contributed by atoms with Crippen LogP contribution in [0.2, 0.25) is 0 Å². The Labute approximate surface area is 150 Å². The number of amides is 1. The summed E-state index contributed by atoms with van der Waals surface area (Å²) in [5, 5.41) is 16.7. The fraction of sp³-hybridized carbons (Fsp3) is 0.125. The van der Waals surface area contributed by atoms with E-state index < -0.39 is 29.5 Å². The van der Waals surface area contributed by atoms with Gasteiger partial charge in [0.1, 0.15) is 5.75 Å². The number of oxime groups is 1. The maximum absolute atomic E-state index is 12.1. The van der Waals surface area contributed by atoms with Crippen molar-refractivity contribution < 1.29 is 32.5 Å². The van der Waals surface area contributed by atoms with Crippen LogP contribution in [0.1, 0.15) is 5.56 Å². The first-order valence-electron chi connectivity index (χ1n) is 7.29. The van der Waals surface area contributed by atoms with Gasteiger partial charge in [0.05, 0.1) is 16.7 Å². The van der Waals surface area contributed by atoms with Crippen molar-refractivity contribution in [1.29, 1.82) is 0 Å². The van der Waals surface area contributed by atoms with E-state index in [-0.39, 0.29) is 16.9 Å². The molecule has 0 aliphatic heterocycles. The summed E-state index contributed by atoms with van der Waals surface area (Å²) < 4.78 is 39.9. The van der Waals surface area contributed by atoms with Gasteiger partial charge in [0.15, 0.2) is 6.61 Å². The van der Waals surface area contributed by atoms with Crippen molar-refractivity contribution in [3.63, 3.8) is 0 Å². The van der Waals surface area contributed by atoms with Crippen molar-refractivity contribution >= 4 is 23.5 Å². The molecule has 1 N–H and O–H groups in total. The molecule has 0 aromatic heterocycles. The minimum atomic E-state index is -4.80. The molecular weight excluding hydrogens is 371 g/mol. The molecule has 2 aromatic rings. The van der Waals surface area contributed by atoms with E-state index in [0.29, 0.717) is 0 Å². The van der Waals surface area contributed by atoms with Gasteiger partial charge in [0.25, 0.3) is 11.6 Å². The first kappa shape index (κ1) is 19.7. The maximum atomic E-state index is 12.1. The van der Waals surface area contributed by atoms with Crippen LogP contribution in [0.3, 0.4) is 0 Å². The highest BCUT2D eigenvalue weighted by Crippen LogP contribution is 2.23. The van der Waals surface area contributed by atoms with Crippen LogP contribution in [0.4, 0.5) is 24.5 Å². The molecule has 11 heteroatoms. The summed E-state index contributed by atoms with van der Waals surface area (Å²) in [7, 11) is 0. The van der Waals surface area contributed by atoms with Crippen LogP contribution in [0.5, 0.6) is 5.75 Å². The number of rotatable bonds is 7. The number of halogens is 3. The third-order valence-corrected chi connectivity index (χ3v) is 2.97. The Morgan fingerprint density at radius 3 is 2.48 bits per heavy atom. The summed E-state index contributed by atoms with van der Waals surface area (Å²) in [6, 6.07) is 10.3. The molecular formula is C16H12F3N3O5. The number of nitrogens with zero attached hydrogens (tertiary/aromatic N) is 2. The van der Waals surface area contributed by atoms with Gasteiger partial charge in [-0.15, -0.1) is 13.2 Å². The average Bonchev–Trinajstić information content (AvgIpc) is 2.59. The van der Waals surface area contributed by atoms with Gasteiger partial charge in [0.2, 0.25) is 0 Å². The predicted molar refractivity (Wildman–Crippen MR) is 88.4 cm³/mol. The number of ether oxygens (including phenoxy) is 1. The van der Waals surface area contributed by atoms with Gasteiger partial charge >= 0.3 is 6.36 Å². The van der Waals surface area contributed by atoms with E-state index in [1.165, 1.54) is 30.3 Å². The molecule has 0 aliphatic rings. The number of carbonyl (C=O) groups excluding carboxylic acids is 1. The number of nitrogens with one attached hydrogen (secondary N) is 1. The lowest BCUT2D eigenvalue weighted by Crippen LogP contribution is -2.18. The Morgan fingerprint density at radius 2 is 1.85 bits per heavy atom. The van der Waals surface area contributed by atoms with Crippen LogP contribution in [0.25, 0.3) is 0 Å². The lowest BCUT2D eigenvalue weighted by Gasteiger charge is -2.09. The molecule has 27 heavy (non-hydrogen) atoms. The van der Waals surface area contributed by atoms with Gasteiger partial charge in [-0.2, -0.15) is 0 Å². The largest absolute Gasteiger partial charge is 0.573 e. The van der Waals surface area contributed by atoms with Gasteiger partial charge in [-0.1, -0.05) is 17.3 Å². The molecule has 0 radical (unpaired) electrons. The zero-order chi connectivity index (χ0) is 19.9. The van der Waals surface area contributed by atoms with Crippen LogP contribution < -0.4 is 10.1 Å². The number of hydrogen-bond acceptors (Lipinski definition) is 6. The lowest BCUT2D eigenvalue weighted by molar-refractivity contribution is -0.385. The quantitative estimate of drug-likeness (QED) is 0.448. The van der Waals surface area contributed by atoms with Crippen molar-refractivity contribution in [2.75, 3.05) is 11.9 Å². The number of para-hydroxylation sites is 1. The summed E-state index contributed by atoms with van der Waals surface area (Å²) in [6.45, 7) is -0.502. The topological polar surface area (TPSA) is 103 Å². The van der Waals surface area contributed by atoms with E-state index in [1.54, 1.807) is 6.07 Å². The minimum absolute atomic E-state index is 0.171. The number of anilines is 1. The summed E-state index contributed by atoms with van der Waals surface area (Å²) >= 11 is 0. The van der Waals surface area contributed by atoms with Crippen LogP contribution in [-0.2, 0) is 9.63 Å². The number of benzene rings is 2. The van der Waals surface area contributed by atoms with E-state index >= 15 is 0 Å². The maximum Gasteiger partial charge on any atom is 0.573 e. The molecule has 0 saturated carbocycles. The second-order valence-electron chi connectivity index (χ2n) is 4.94. The molecule has 0 bridgehead atoms. The molecule has 142 valence electrons. The standard InChI is InChI=1S/C16H12F3N3O5/c17-16(18,19)27-13-7-5-12(6-8-13)21-15(23)10-26-20-9-11-3-1-2-4-14(11)22(24)25/h1-9H,10H2,(H,21,23)/b20-9+. The molecule has 8 nitrogen and oxygen atoms in total. The highest BCUT2D eigenvalue weighted by Gasteiger charge is 2.30. The molecule has 0 spiro atoms. The summed E-state index contributed by atoms with van der Waals surface area (Å²) in [4.78, 5) is 26.7. The number of nitro groups is 1. The highest BCUT2D eigenvalue weighted by atomic mass is 19.4. The van der Waals surface area contributed by atoms with Gasteiger partial charge in [-0.3, -0.25) is 14.9 Å². The van der Waals surface area contributed by atoms with Crippen molar-refractivity contribution in [3.05, 3.63) is 64.2 Å². The second-order valence-corrected chi connectivity index (χ2v) is 4.94.